The fraction of sp³-hybridized carbons (Fsp3) is 0.381. The van der Waals surface area contributed by atoms with E-state index < -0.39 is 5.82 Å². The van der Waals surface area contributed by atoms with Crippen LogP contribution in [0.1, 0.15) is 32.7 Å². The van der Waals surface area contributed by atoms with E-state index >= 15 is 0 Å². The van der Waals surface area contributed by atoms with Gasteiger partial charge in [-0.25, -0.2) is 19.3 Å². The Kier molecular flexibility index (Phi) is 4.85. The summed E-state index contributed by atoms with van der Waals surface area (Å²) in [6.45, 7) is 2.06. The molecule has 1 fully saturated rings. The number of aryl methyl sites for hydroxylation is 1. The molecule has 1 aliphatic heterocycles. The molecule has 0 atom stereocenters. The van der Waals surface area contributed by atoms with Crippen LogP contribution in [-0.2, 0) is 4.79 Å². The number of hydrogen-bond donors (Lipinski definition) is 3. The van der Waals surface area contributed by atoms with Crippen molar-refractivity contribution in [3.8, 4) is 22.6 Å². The molecule has 9 nitrogen and oxygen atoms in total. The van der Waals surface area contributed by atoms with E-state index in [1.165, 1.54) is 12.4 Å². The van der Waals surface area contributed by atoms with Gasteiger partial charge in [-0.2, -0.15) is 5.10 Å². The monoisotopic (exact) mass is 425 g/mol. The lowest BCUT2D eigenvalue weighted by Gasteiger charge is -2.38. The summed E-state index contributed by atoms with van der Waals surface area (Å²) in [4.78, 5) is 27.4. The van der Waals surface area contributed by atoms with Crippen LogP contribution < -0.4 is 10.2 Å². The first-order chi connectivity index (χ1) is 15.0. The lowest BCUT2D eigenvalue weighted by Crippen LogP contribution is -2.47. The van der Waals surface area contributed by atoms with Crippen LogP contribution in [0.5, 0.6) is 0 Å². The van der Waals surface area contributed by atoms with Gasteiger partial charge in [0.15, 0.2) is 17.5 Å². The highest BCUT2D eigenvalue weighted by Gasteiger charge is 2.33. The normalized spacial score (nSPS) is 21.0. The van der Waals surface area contributed by atoms with Crippen LogP contribution in [0, 0.1) is 12.7 Å². The Morgan fingerprint density at radius 2 is 2.00 bits per heavy atom. The Bertz CT molecular complexity index is 1130. The molecule has 1 aromatic carbocycles. The van der Waals surface area contributed by atoms with E-state index in [0.717, 1.165) is 18.4 Å². The standard InChI is InChI=1S/C21H22FN7O2.H2/c1-11-6-15(19-24-10-25-28-19)16(22)7-14(11)17-8-23-20-21(26-17)29(9-18(31)27-20)12-2-4-13(30)5-3-12;/h6-8,10,12-13,30H,2-5,9H2,1H3,(H,23,27,31)(H,24,25,28);1H. The molecule has 162 valence electrons. The summed E-state index contributed by atoms with van der Waals surface area (Å²) in [6, 6.07) is 3.23. The number of halogens is 1. The SMILES string of the molecule is Cc1cc(-c2ncn[nH]2)c(F)cc1-c1cnc2c(n1)N(C1CCC(O)CC1)CC(=O)N2.[HH]. The molecule has 0 unspecified atom stereocenters. The van der Waals surface area contributed by atoms with Crippen LogP contribution in [0.4, 0.5) is 16.0 Å². The summed E-state index contributed by atoms with van der Waals surface area (Å²) in [5, 5.41) is 19.1. The number of aromatic amines is 1. The minimum absolute atomic E-state index is 0. The molecule has 0 bridgehead atoms. The molecule has 0 spiro atoms. The van der Waals surface area contributed by atoms with Crippen LogP contribution in [0.2, 0.25) is 0 Å². The average Bonchev–Trinajstić information content (AvgIpc) is 3.29. The van der Waals surface area contributed by atoms with E-state index in [2.05, 4.69) is 25.5 Å². The zero-order chi connectivity index (χ0) is 21.5. The lowest BCUT2D eigenvalue weighted by atomic mass is 9.91. The van der Waals surface area contributed by atoms with E-state index in [-0.39, 0.29) is 26.0 Å². The number of aliphatic hydroxyl groups is 1. The van der Waals surface area contributed by atoms with E-state index in [4.69, 9.17) is 4.98 Å². The molecule has 0 radical (unpaired) electrons. The number of anilines is 2. The molecular formula is C21H24FN7O2. The Labute approximate surface area is 179 Å². The maximum atomic E-state index is 14.8. The molecule has 0 saturated heterocycles. The van der Waals surface area contributed by atoms with Crippen LogP contribution in [0.3, 0.4) is 0 Å². The lowest BCUT2D eigenvalue weighted by molar-refractivity contribution is -0.115. The second-order valence-corrected chi connectivity index (χ2v) is 8.05. The number of hydrogen-bond acceptors (Lipinski definition) is 7. The van der Waals surface area contributed by atoms with Crippen molar-refractivity contribution in [2.45, 2.75) is 44.8 Å². The summed E-state index contributed by atoms with van der Waals surface area (Å²) in [5.41, 5.74) is 2.29. The van der Waals surface area contributed by atoms with Gasteiger partial charge in [0, 0.05) is 13.0 Å². The molecular weight excluding hydrogens is 401 g/mol. The Morgan fingerprint density at radius 3 is 2.74 bits per heavy atom. The summed E-state index contributed by atoms with van der Waals surface area (Å²) < 4.78 is 14.8. The van der Waals surface area contributed by atoms with Crippen molar-refractivity contribution in [1.82, 2.24) is 25.1 Å². The largest absolute Gasteiger partial charge is 0.393 e. The van der Waals surface area contributed by atoms with Gasteiger partial charge in [0.25, 0.3) is 0 Å². The summed E-state index contributed by atoms with van der Waals surface area (Å²) in [7, 11) is 0. The summed E-state index contributed by atoms with van der Waals surface area (Å²) >= 11 is 0. The average molecular weight is 425 g/mol. The van der Waals surface area contributed by atoms with Gasteiger partial charge in [0.2, 0.25) is 5.91 Å². The predicted octanol–water partition coefficient (Wildman–Crippen LogP) is 2.68. The first-order valence-corrected chi connectivity index (χ1v) is 10.3. The van der Waals surface area contributed by atoms with Crippen molar-refractivity contribution in [1.29, 1.82) is 0 Å². The highest BCUT2D eigenvalue weighted by atomic mass is 19.1. The second kappa shape index (κ2) is 7.69. The first kappa shape index (κ1) is 19.6. The molecule has 3 heterocycles. The molecule has 31 heavy (non-hydrogen) atoms. The van der Waals surface area contributed by atoms with Gasteiger partial charge >= 0.3 is 0 Å². The van der Waals surface area contributed by atoms with Gasteiger partial charge < -0.3 is 15.3 Å². The van der Waals surface area contributed by atoms with Gasteiger partial charge in [0.1, 0.15) is 12.1 Å². The van der Waals surface area contributed by atoms with Gasteiger partial charge in [-0.1, -0.05) is 0 Å². The zero-order valence-corrected chi connectivity index (χ0v) is 17.0. The van der Waals surface area contributed by atoms with Crippen molar-refractivity contribution in [2.24, 2.45) is 0 Å². The number of aliphatic hydroxyl groups excluding tert-OH is 1. The summed E-state index contributed by atoms with van der Waals surface area (Å²) in [5.74, 6) is 0.764. The maximum absolute atomic E-state index is 14.8. The highest BCUT2D eigenvalue weighted by Crippen LogP contribution is 2.35. The molecule has 1 amide bonds. The van der Waals surface area contributed by atoms with Gasteiger partial charge in [-0.3, -0.25) is 9.89 Å². The Morgan fingerprint density at radius 1 is 1.19 bits per heavy atom. The number of fused-ring (bicyclic) bond motifs is 1. The number of H-pyrrole nitrogens is 1. The van der Waals surface area contributed by atoms with Gasteiger partial charge in [0.05, 0.1) is 30.1 Å². The molecule has 5 rings (SSSR count). The van der Waals surface area contributed by atoms with E-state index in [0.29, 0.717) is 47.1 Å². The minimum Gasteiger partial charge on any atom is -0.393 e. The maximum Gasteiger partial charge on any atom is 0.245 e. The molecule has 3 aromatic rings. The third-order valence-electron chi connectivity index (χ3n) is 5.97. The van der Waals surface area contributed by atoms with Crippen molar-refractivity contribution in [2.75, 3.05) is 16.8 Å². The van der Waals surface area contributed by atoms with Crippen LogP contribution in [0.25, 0.3) is 22.6 Å². The molecule has 1 aliphatic carbocycles. The Hall–Kier alpha value is -3.40. The minimum atomic E-state index is -0.441. The third kappa shape index (κ3) is 3.63. The number of benzene rings is 1. The zero-order valence-electron chi connectivity index (χ0n) is 17.0. The summed E-state index contributed by atoms with van der Waals surface area (Å²) in [6.07, 6.45) is 5.53. The van der Waals surface area contributed by atoms with Crippen molar-refractivity contribution < 1.29 is 15.7 Å². The van der Waals surface area contributed by atoms with Crippen LogP contribution >= 0.6 is 0 Å². The first-order valence-electron chi connectivity index (χ1n) is 10.3. The van der Waals surface area contributed by atoms with E-state index in [1.54, 1.807) is 12.3 Å². The molecule has 10 heteroatoms. The van der Waals surface area contributed by atoms with Gasteiger partial charge in [-0.15, -0.1) is 0 Å². The smallest absolute Gasteiger partial charge is 0.245 e. The van der Waals surface area contributed by atoms with Crippen molar-refractivity contribution in [3.05, 3.63) is 36.0 Å². The molecule has 3 N–H and O–H groups in total. The number of rotatable bonds is 3. The third-order valence-corrected chi connectivity index (χ3v) is 5.97. The Balaban J connectivity index is 0.00000245. The van der Waals surface area contributed by atoms with Crippen LogP contribution in [0.15, 0.2) is 24.7 Å². The second-order valence-electron chi connectivity index (χ2n) is 8.05. The fourth-order valence-electron chi connectivity index (χ4n) is 4.34. The van der Waals surface area contributed by atoms with Crippen LogP contribution in [-0.4, -0.2) is 54.9 Å². The molecule has 1 saturated carbocycles. The number of nitrogens with zero attached hydrogens (tertiary/aromatic N) is 5. The number of carbonyl (C=O) groups excluding carboxylic acids is 1. The van der Waals surface area contributed by atoms with Crippen molar-refractivity contribution >= 4 is 17.5 Å². The van der Waals surface area contributed by atoms with Crippen molar-refractivity contribution in [3.63, 3.8) is 0 Å². The number of amides is 1. The number of aromatic nitrogens is 5. The van der Waals surface area contributed by atoms with E-state index in [9.17, 15) is 14.3 Å². The molecule has 2 aromatic heterocycles. The fourth-order valence-corrected chi connectivity index (χ4v) is 4.34. The van der Waals surface area contributed by atoms with Gasteiger partial charge in [-0.05, 0) is 50.3 Å². The quantitative estimate of drug-likeness (QED) is 0.590. The molecule has 2 aliphatic rings. The highest BCUT2D eigenvalue weighted by molar-refractivity contribution is 5.99. The van der Waals surface area contributed by atoms with E-state index in [1.807, 2.05) is 11.8 Å². The number of nitrogens with one attached hydrogen (secondary N) is 2. The number of carbonyl (C=O) groups is 1. The predicted molar refractivity (Wildman–Crippen MR) is 114 cm³/mol. The topological polar surface area (TPSA) is 120 Å².